The molecule has 10 nitrogen and oxygen atoms in total. The number of nitrogens with zero attached hydrogens (tertiary/aromatic N) is 1. The van der Waals surface area contributed by atoms with E-state index in [-0.39, 0.29) is 0 Å². The monoisotopic (exact) mass is 589 g/mol. The van der Waals surface area contributed by atoms with Crippen molar-refractivity contribution in [2.24, 2.45) is 0 Å². The van der Waals surface area contributed by atoms with Crippen molar-refractivity contribution in [3.63, 3.8) is 0 Å². The number of amides is 1. The van der Waals surface area contributed by atoms with Gasteiger partial charge in [0.15, 0.2) is 6.04 Å². The molecule has 2 N–H and O–H groups in total. The highest BCUT2D eigenvalue weighted by Crippen LogP contribution is 2.37. The number of thiol groups is 1. The number of fused-ring (bicyclic) bond motifs is 1. The molecule has 2 atom stereocenters. The van der Waals surface area contributed by atoms with Crippen molar-refractivity contribution in [2.45, 2.75) is 25.4 Å². The maximum atomic E-state index is 12.7. The highest BCUT2D eigenvalue weighted by Gasteiger charge is 2.24. The van der Waals surface area contributed by atoms with E-state index in [2.05, 4.69) is 10.6 Å². The number of rotatable bonds is 11. The second-order valence-corrected chi connectivity index (χ2v) is 10.3. The van der Waals surface area contributed by atoms with Crippen LogP contribution < -0.4 is 14.9 Å². The zero-order valence-electron chi connectivity index (χ0n) is 23.3. The summed E-state index contributed by atoms with van der Waals surface area (Å²) in [6.07, 6.45) is 0.388. The normalized spacial score (nSPS) is 12.3. The Labute approximate surface area is 245 Å². The molecule has 0 saturated carbocycles. The van der Waals surface area contributed by atoms with E-state index < -0.39 is 40.8 Å². The number of anilines is 3. The van der Waals surface area contributed by atoms with Crippen LogP contribution in [0.1, 0.15) is 24.1 Å². The second kappa shape index (κ2) is 13.6. The number of nitrogens with one attached hydrogen (secondary N) is 2. The van der Waals surface area contributed by atoms with Gasteiger partial charge in [-0.15, -0.1) is 0 Å². The number of methoxy groups -OCH3 is 2. The fraction of sp³-hybridized carbons (Fsp3) is 0.194. The Morgan fingerprint density at radius 1 is 0.786 bits per heavy atom. The zero-order valence-corrected chi connectivity index (χ0v) is 24.2. The predicted molar refractivity (Wildman–Crippen MR) is 161 cm³/mol. The van der Waals surface area contributed by atoms with Gasteiger partial charge in [0.25, 0.3) is 0 Å². The SMILES string of the molecule is COC(=O)C(NC(C)=O)c1ccc(N(c2ccc(N[C@@H](Cc3ccccc3)C(=O)OC)c3ccccc23)[SH](=O)=O)cc1. The molecule has 1 amide bonds. The summed E-state index contributed by atoms with van der Waals surface area (Å²) in [6.45, 7) is 1.28. The summed E-state index contributed by atoms with van der Waals surface area (Å²) in [5.41, 5.74) is 2.73. The van der Waals surface area contributed by atoms with Crippen molar-refractivity contribution >= 4 is 56.6 Å². The van der Waals surface area contributed by atoms with Crippen LogP contribution in [0.3, 0.4) is 0 Å². The Kier molecular flexibility index (Phi) is 9.77. The van der Waals surface area contributed by atoms with Gasteiger partial charge in [-0.2, -0.15) is 0 Å². The van der Waals surface area contributed by atoms with Gasteiger partial charge >= 0.3 is 11.9 Å². The van der Waals surface area contributed by atoms with E-state index in [1.165, 1.54) is 25.4 Å². The van der Waals surface area contributed by atoms with E-state index in [9.17, 15) is 22.8 Å². The largest absolute Gasteiger partial charge is 0.467 e. The molecule has 0 aromatic heterocycles. The number of carbonyl (C=O) groups excluding carboxylic acids is 3. The van der Waals surface area contributed by atoms with Crippen LogP contribution in [0.15, 0.2) is 91.0 Å². The minimum absolute atomic E-state index is 0.323. The molecular weight excluding hydrogens is 558 g/mol. The Balaban J connectivity index is 1.72. The summed E-state index contributed by atoms with van der Waals surface area (Å²) in [7, 11) is -0.589. The third-order valence-corrected chi connectivity index (χ3v) is 7.42. The van der Waals surface area contributed by atoms with Gasteiger partial charge in [0.05, 0.1) is 25.6 Å². The van der Waals surface area contributed by atoms with Gasteiger partial charge in [0.2, 0.25) is 16.8 Å². The standard InChI is InChI=1S/C31H31N3O7S/c1-20(35)32-29(31(37)41-3)22-13-15-23(16-14-22)34(42(38)39)28-18-17-26(24-11-7-8-12-25(24)28)33-27(30(36)40-2)19-21-9-5-4-6-10-21/h4-18,27,29,33,42H,19H2,1-3H3,(H,32,35)/t27-,29?/m0/s1. The number of esters is 2. The average Bonchev–Trinajstić information content (AvgIpc) is 3.00. The highest BCUT2D eigenvalue weighted by molar-refractivity contribution is 7.74. The van der Waals surface area contributed by atoms with Crippen LogP contribution in [0.25, 0.3) is 10.8 Å². The molecule has 1 unspecified atom stereocenters. The van der Waals surface area contributed by atoms with Crippen molar-refractivity contribution in [3.8, 4) is 0 Å². The lowest BCUT2D eigenvalue weighted by molar-refractivity contribution is -0.145. The molecule has 0 fully saturated rings. The number of hydrogen-bond acceptors (Lipinski definition) is 8. The quantitative estimate of drug-likeness (QED) is 0.176. The van der Waals surface area contributed by atoms with Gasteiger partial charge in [-0.25, -0.2) is 22.3 Å². The Hall–Kier alpha value is -4.90. The summed E-state index contributed by atoms with van der Waals surface area (Å²) in [5, 5.41) is 7.15. The molecule has 0 aliphatic heterocycles. The maximum absolute atomic E-state index is 12.7. The molecule has 0 aliphatic carbocycles. The summed E-state index contributed by atoms with van der Waals surface area (Å²) in [6, 6.07) is 24.7. The van der Waals surface area contributed by atoms with E-state index in [1.54, 1.807) is 48.5 Å². The molecule has 0 radical (unpaired) electrons. The lowest BCUT2D eigenvalue weighted by Gasteiger charge is -2.24. The van der Waals surface area contributed by atoms with E-state index >= 15 is 0 Å². The highest BCUT2D eigenvalue weighted by atomic mass is 32.2. The van der Waals surface area contributed by atoms with E-state index in [4.69, 9.17) is 9.47 Å². The molecule has 0 saturated heterocycles. The van der Waals surface area contributed by atoms with Crippen LogP contribution in [-0.2, 0) is 41.2 Å². The van der Waals surface area contributed by atoms with Gasteiger partial charge < -0.3 is 20.1 Å². The smallest absolute Gasteiger partial charge is 0.333 e. The molecule has 4 aromatic carbocycles. The van der Waals surface area contributed by atoms with E-state index in [0.29, 0.717) is 39.8 Å². The molecular formula is C31H31N3O7S. The molecule has 218 valence electrons. The van der Waals surface area contributed by atoms with Gasteiger partial charge in [0.1, 0.15) is 6.04 Å². The Morgan fingerprint density at radius 3 is 2.00 bits per heavy atom. The first-order valence-corrected chi connectivity index (χ1v) is 14.2. The van der Waals surface area contributed by atoms with E-state index in [0.717, 1.165) is 5.56 Å². The van der Waals surface area contributed by atoms with Gasteiger partial charge in [0, 0.05) is 29.8 Å². The molecule has 0 spiro atoms. The summed E-state index contributed by atoms with van der Waals surface area (Å²) >= 11 is 0. The van der Waals surface area contributed by atoms with Crippen LogP contribution in [0.5, 0.6) is 0 Å². The first kappa shape index (κ1) is 30.1. The fourth-order valence-electron chi connectivity index (χ4n) is 4.70. The number of hydrogen-bond donors (Lipinski definition) is 3. The van der Waals surface area contributed by atoms with Crippen LogP contribution in [0.2, 0.25) is 0 Å². The minimum atomic E-state index is -3.14. The Morgan fingerprint density at radius 2 is 1.40 bits per heavy atom. The average molecular weight is 590 g/mol. The van der Waals surface area contributed by atoms with Gasteiger partial charge in [-0.05, 0) is 35.4 Å². The Bertz CT molecular complexity index is 1650. The first-order chi connectivity index (χ1) is 20.2. The van der Waals surface area contributed by atoms with E-state index in [1.807, 2.05) is 42.5 Å². The van der Waals surface area contributed by atoms with Crippen molar-refractivity contribution in [1.82, 2.24) is 5.32 Å². The molecule has 0 aliphatic rings. The molecule has 0 bridgehead atoms. The lowest BCUT2D eigenvalue weighted by Crippen LogP contribution is -2.33. The first-order valence-electron chi connectivity index (χ1n) is 13.0. The third kappa shape index (κ3) is 6.87. The third-order valence-electron chi connectivity index (χ3n) is 6.65. The van der Waals surface area contributed by atoms with Crippen LogP contribution in [0.4, 0.5) is 17.1 Å². The molecule has 11 heteroatoms. The van der Waals surface area contributed by atoms with Crippen molar-refractivity contribution in [3.05, 3.63) is 102 Å². The summed E-state index contributed by atoms with van der Waals surface area (Å²) in [5.74, 6) is -1.51. The zero-order chi connectivity index (χ0) is 30.2. The van der Waals surface area contributed by atoms with Crippen molar-refractivity contribution < 1.29 is 32.3 Å². The van der Waals surface area contributed by atoms with Crippen molar-refractivity contribution in [1.29, 1.82) is 0 Å². The van der Waals surface area contributed by atoms with Crippen LogP contribution in [-0.4, -0.2) is 46.5 Å². The predicted octanol–water partition coefficient (Wildman–Crippen LogP) is 4.05. The molecule has 42 heavy (non-hydrogen) atoms. The molecule has 0 heterocycles. The lowest BCUT2D eigenvalue weighted by atomic mass is 10.0. The number of benzene rings is 4. The topological polar surface area (TPSA) is 131 Å². The molecule has 4 rings (SSSR count). The second-order valence-electron chi connectivity index (χ2n) is 9.39. The number of carbonyl (C=O) groups is 3. The van der Waals surface area contributed by atoms with Gasteiger partial charge in [-0.3, -0.25) is 4.79 Å². The number of ether oxygens (including phenoxy) is 2. The fourth-order valence-corrected chi connectivity index (χ4v) is 5.37. The van der Waals surface area contributed by atoms with Gasteiger partial charge in [-0.1, -0.05) is 66.7 Å². The van der Waals surface area contributed by atoms with Crippen LogP contribution in [0, 0.1) is 0 Å². The maximum Gasteiger partial charge on any atom is 0.333 e. The van der Waals surface area contributed by atoms with Crippen LogP contribution >= 0.6 is 0 Å². The molecule has 4 aromatic rings. The summed E-state index contributed by atoms with van der Waals surface area (Å²) in [4.78, 5) is 36.5. The van der Waals surface area contributed by atoms with Crippen molar-refractivity contribution in [2.75, 3.05) is 23.8 Å². The minimum Gasteiger partial charge on any atom is -0.467 e. The summed E-state index contributed by atoms with van der Waals surface area (Å²) < 4.78 is 36.2.